The lowest BCUT2D eigenvalue weighted by Gasteiger charge is -2.09. The molecule has 0 aliphatic carbocycles. The van der Waals surface area contributed by atoms with E-state index in [0.29, 0.717) is 5.56 Å². The first-order chi connectivity index (χ1) is 36.1. The Kier molecular flexibility index (Phi) is 8.20. The molecule has 0 unspecified atom stereocenters. The normalized spacial score (nSPS) is 12.1. The van der Waals surface area contributed by atoms with Gasteiger partial charge in [-0.1, -0.05) is 121 Å². The third-order valence-electron chi connectivity index (χ3n) is 15.7. The molecule has 0 bridgehead atoms. The highest BCUT2D eigenvalue weighted by atomic mass is 15.0. The standard InChI is InChI=1S/C69H40N4/c70-41-42-19-21-43(22-20-42)52-37-61-59-35-48-25-23-44(46-27-29-65-57(33-46)55-15-7-9-17-63(55)71(65)53-11-3-1-4-12-53)31-50(48)39-67(59)73-68-40-51-32-45(24-26-49(51)36-60(68)62(38-52)69(61)73)47-28-30-66-58(34-47)56-16-8-10-18-64(56)72(66)54-13-5-2-6-14-54/h1-40H. The summed E-state index contributed by atoms with van der Waals surface area (Å²) in [4.78, 5) is 0. The number of fused-ring (bicyclic) bond motifs is 14. The molecule has 16 aromatic rings. The molecule has 0 N–H and O–H groups in total. The number of nitriles is 1. The zero-order valence-electron chi connectivity index (χ0n) is 39.4. The van der Waals surface area contributed by atoms with Gasteiger partial charge in [0, 0.05) is 54.5 Å². The number of benzene rings is 12. The molecule has 4 heterocycles. The van der Waals surface area contributed by atoms with E-state index in [-0.39, 0.29) is 0 Å². The van der Waals surface area contributed by atoms with Gasteiger partial charge in [-0.15, -0.1) is 0 Å². The van der Waals surface area contributed by atoms with Crippen molar-refractivity contribution in [1.82, 2.24) is 13.5 Å². The van der Waals surface area contributed by atoms with E-state index >= 15 is 0 Å². The minimum atomic E-state index is 0.658. The third kappa shape index (κ3) is 5.82. The summed E-state index contributed by atoms with van der Waals surface area (Å²) in [6, 6.07) is 91.2. The maximum atomic E-state index is 9.65. The highest BCUT2D eigenvalue weighted by molar-refractivity contribution is 6.27. The first-order valence-corrected chi connectivity index (χ1v) is 24.9. The van der Waals surface area contributed by atoms with Crippen LogP contribution in [0.15, 0.2) is 243 Å². The first kappa shape index (κ1) is 39.8. The predicted octanol–water partition coefficient (Wildman–Crippen LogP) is 18.2. The Labute approximate surface area is 419 Å². The van der Waals surface area contributed by atoms with Crippen LogP contribution < -0.4 is 0 Å². The van der Waals surface area contributed by atoms with E-state index in [9.17, 15) is 5.26 Å². The summed E-state index contributed by atoms with van der Waals surface area (Å²) < 4.78 is 7.27. The van der Waals surface area contributed by atoms with Gasteiger partial charge in [0.15, 0.2) is 0 Å². The number of para-hydroxylation sites is 4. The molecule has 12 aromatic carbocycles. The SMILES string of the molecule is N#Cc1ccc(-c2cc3c4cc5ccc(-c6ccc7c(c6)c6ccccc6n7-c6ccccc6)cc5cc4n4c5cc6cc(-c7ccc8c(c7)c7ccccc7n8-c7ccccc7)ccc6cc5c(c2)c34)cc1. The second kappa shape index (κ2) is 15.0. The minimum absolute atomic E-state index is 0.658. The molecular weight excluding hydrogens is 885 g/mol. The van der Waals surface area contributed by atoms with Gasteiger partial charge in [0.25, 0.3) is 0 Å². The molecule has 4 heteroatoms. The van der Waals surface area contributed by atoms with Crippen molar-refractivity contribution in [2.45, 2.75) is 0 Å². The molecular formula is C69H40N4. The van der Waals surface area contributed by atoms with Crippen molar-refractivity contribution in [3.05, 3.63) is 248 Å². The van der Waals surface area contributed by atoms with E-state index in [4.69, 9.17) is 0 Å². The molecule has 0 aliphatic heterocycles. The van der Waals surface area contributed by atoms with Crippen molar-refractivity contribution in [2.75, 3.05) is 0 Å². The number of hydrogen-bond acceptors (Lipinski definition) is 1. The van der Waals surface area contributed by atoms with E-state index in [2.05, 4.69) is 250 Å². The number of hydrogen-bond donors (Lipinski definition) is 0. The lowest BCUT2D eigenvalue weighted by Crippen LogP contribution is -1.92. The monoisotopic (exact) mass is 924 g/mol. The summed E-state index contributed by atoms with van der Waals surface area (Å²) in [7, 11) is 0. The number of aromatic nitrogens is 3. The molecule has 0 spiro atoms. The Bertz CT molecular complexity index is 4720. The quantitative estimate of drug-likeness (QED) is 0.169. The van der Waals surface area contributed by atoms with Crippen LogP contribution in [0.1, 0.15) is 5.56 Å². The topological polar surface area (TPSA) is 38.1 Å². The van der Waals surface area contributed by atoms with E-state index in [1.165, 1.54) is 126 Å². The summed E-state index contributed by atoms with van der Waals surface area (Å²) in [5.41, 5.74) is 18.4. The Balaban J connectivity index is 0.891. The average molecular weight is 925 g/mol. The van der Waals surface area contributed by atoms with Crippen molar-refractivity contribution >= 4 is 103 Å². The number of rotatable bonds is 5. The van der Waals surface area contributed by atoms with E-state index in [1.807, 2.05) is 12.1 Å². The van der Waals surface area contributed by atoms with Gasteiger partial charge in [-0.2, -0.15) is 5.26 Å². The van der Waals surface area contributed by atoms with Crippen molar-refractivity contribution in [2.24, 2.45) is 0 Å². The fourth-order valence-corrected chi connectivity index (χ4v) is 12.3. The van der Waals surface area contributed by atoms with Crippen LogP contribution in [0.25, 0.3) is 148 Å². The van der Waals surface area contributed by atoms with Gasteiger partial charge >= 0.3 is 0 Å². The Hall–Kier alpha value is -9.95. The molecule has 0 aliphatic rings. The zero-order chi connectivity index (χ0) is 47.9. The van der Waals surface area contributed by atoms with Crippen molar-refractivity contribution in [3.63, 3.8) is 0 Å². The van der Waals surface area contributed by atoms with Crippen molar-refractivity contribution in [1.29, 1.82) is 5.26 Å². The number of nitrogens with zero attached hydrogens (tertiary/aromatic N) is 4. The van der Waals surface area contributed by atoms with Crippen LogP contribution in [0, 0.1) is 11.3 Å². The lowest BCUT2D eigenvalue weighted by molar-refractivity contribution is 1.18. The second-order valence-corrected chi connectivity index (χ2v) is 19.6. The Morgan fingerprint density at radius 2 is 0.658 bits per heavy atom. The van der Waals surface area contributed by atoms with Crippen LogP contribution in [0.4, 0.5) is 0 Å². The maximum absolute atomic E-state index is 9.65. The zero-order valence-corrected chi connectivity index (χ0v) is 39.4. The van der Waals surface area contributed by atoms with Gasteiger partial charge in [-0.25, -0.2) is 0 Å². The Morgan fingerprint density at radius 1 is 0.260 bits per heavy atom. The van der Waals surface area contributed by atoms with E-state index < -0.39 is 0 Å². The van der Waals surface area contributed by atoms with Crippen LogP contribution in [-0.4, -0.2) is 13.5 Å². The summed E-state index contributed by atoms with van der Waals surface area (Å²) in [5.74, 6) is 0. The predicted molar refractivity (Wildman–Crippen MR) is 306 cm³/mol. The van der Waals surface area contributed by atoms with E-state index in [0.717, 1.165) is 22.5 Å². The van der Waals surface area contributed by atoms with Gasteiger partial charge in [0.1, 0.15) is 0 Å². The molecule has 0 radical (unpaired) electrons. The molecule has 0 amide bonds. The van der Waals surface area contributed by atoms with Gasteiger partial charge in [0.05, 0.1) is 50.2 Å². The summed E-state index contributed by atoms with van der Waals surface area (Å²) in [5, 5.41) is 24.3. The molecule has 4 aromatic heterocycles. The highest BCUT2D eigenvalue weighted by Gasteiger charge is 2.22. The third-order valence-corrected chi connectivity index (χ3v) is 15.7. The fourth-order valence-electron chi connectivity index (χ4n) is 12.3. The molecule has 0 saturated heterocycles. The highest BCUT2D eigenvalue weighted by Crippen LogP contribution is 2.45. The van der Waals surface area contributed by atoms with Crippen LogP contribution in [0.5, 0.6) is 0 Å². The molecule has 4 nitrogen and oxygen atoms in total. The van der Waals surface area contributed by atoms with Crippen LogP contribution in [0.2, 0.25) is 0 Å². The lowest BCUT2D eigenvalue weighted by atomic mass is 9.95. The van der Waals surface area contributed by atoms with E-state index in [1.54, 1.807) is 0 Å². The molecule has 336 valence electrons. The molecule has 0 saturated carbocycles. The molecule has 0 fully saturated rings. The molecule has 0 atom stereocenters. The average Bonchev–Trinajstić information content (AvgIpc) is 4.17. The second-order valence-electron chi connectivity index (χ2n) is 19.6. The Morgan fingerprint density at radius 3 is 1.15 bits per heavy atom. The van der Waals surface area contributed by atoms with Crippen molar-refractivity contribution < 1.29 is 0 Å². The maximum Gasteiger partial charge on any atom is 0.0991 e. The van der Waals surface area contributed by atoms with Gasteiger partial charge < -0.3 is 13.5 Å². The van der Waals surface area contributed by atoms with Crippen molar-refractivity contribution in [3.8, 4) is 50.8 Å². The summed E-state index contributed by atoms with van der Waals surface area (Å²) >= 11 is 0. The van der Waals surface area contributed by atoms with Gasteiger partial charge in [-0.05, 0) is 176 Å². The van der Waals surface area contributed by atoms with Crippen LogP contribution >= 0.6 is 0 Å². The largest absolute Gasteiger partial charge is 0.309 e. The summed E-state index contributed by atoms with van der Waals surface area (Å²) in [6.07, 6.45) is 0. The first-order valence-electron chi connectivity index (χ1n) is 24.9. The summed E-state index contributed by atoms with van der Waals surface area (Å²) in [6.45, 7) is 0. The van der Waals surface area contributed by atoms with Crippen LogP contribution in [-0.2, 0) is 0 Å². The molecule has 16 rings (SSSR count). The molecule has 73 heavy (non-hydrogen) atoms. The minimum Gasteiger partial charge on any atom is -0.309 e. The van der Waals surface area contributed by atoms with Gasteiger partial charge in [-0.3, -0.25) is 0 Å². The fraction of sp³-hybridized carbons (Fsp3) is 0. The smallest absolute Gasteiger partial charge is 0.0991 e. The van der Waals surface area contributed by atoms with Gasteiger partial charge in [0.2, 0.25) is 0 Å². The van der Waals surface area contributed by atoms with Crippen LogP contribution in [0.3, 0.4) is 0 Å².